The fourth-order valence-electron chi connectivity index (χ4n) is 3.35. The number of benzene rings is 1. The predicted molar refractivity (Wildman–Crippen MR) is 90.5 cm³/mol. The number of hydrogen-bond acceptors (Lipinski definition) is 5. The molecule has 0 radical (unpaired) electrons. The molecule has 1 aliphatic rings. The molecule has 24 heavy (non-hydrogen) atoms. The van der Waals surface area contributed by atoms with Crippen LogP contribution in [0.1, 0.15) is 45.0 Å². The van der Waals surface area contributed by atoms with E-state index in [4.69, 9.17) is 0 Å². The summed E-state index contributed by atoms with van der Waals surface area (Å²) in [5.41, 5.74) is 1.74. The normalized spacial score (nSPS) is 13.8. The van der Waals surface area contributed by atoms with Gasteiger partial charge in [-0.3, -0.25) is 4.79 Å². The summed E-state index contributed by atoms with van der Waals surface area (Å²) in [6.45, 7) is 0. The first-order valence-electron chi connectivity index (χ1n) is 7.96. The number of carboxylic acids is 1. The summed E-state index contributed by atoms with van der Waals surface area (Å²) in [6.07, 6.45) is 4.48. The van der Waals surface area contributed by atoms with Crippen LogP contribution in [0.2, 0.25) is 0 Å². The Hall–Kier alpha value is -2.47. The van der Waals surface area contributed by atoms with Crippen molar-refractivity contribution >= 4 is 27.5 Å². The number of aromatic nitrogens is 2. The van der Waals surface area contributed by atoms with Crippen LogP contribution in [0.3, 0.4) is 0 Å². The highest BCUT2D eigenvalue weighted by Gasteiger charge is 2.20. The third-order valence-electron chi connectivity index (χ3n) is 4.47. The minimum Gasteiger partial charge on any atom is -0.545 e. The van der Waals surface area contributed by atoms with E-state index in [9.17, 15) is 14.7 Å². The number of nitrogens with zero attached hydrogens (tertiary/aromatic N) is 1. The lowest BCUT2D eigenvalue weighted by molar-refractivity contribution is -0.255. The Balaban J connectivity index is 1.79. The number of rotatable bonds is 3. The average molecular weight is 339 g/mol. The highest BCUT2D eigenvalue weighted by Crippen LogP contribution is 2.33. The summed E-state index contributed by atoms with van der Waals surface area (Å²) >= 11 is 1.59. The number of aromatic amines is 1. The van der Waals surface area contributed by atoms with Crippen LogP contribution < -0.4 is 10.7 Å². The largest absolute Gasteiger partial charge is 0.545 e. The van der Waals surface area contributed by atoms with Gasteiger partial charge in [-0.05, 0) is 36.8 Å². The van der Waals surface area contributed by atoms with E-state index >= 15 is 0 Å². The quantitative estimate of drug-likeness (QED) is 0.788. The maximum atomic E-state index is 12.5. The van der Waals surface area contributed by atoms with Crippen molar-refractivity contribution in [3.8, 4) is 0 Å². The van der Waals surface area contributed by atoms with Gasteiger partial charge in [0.25, 0.3) is 5.56 Å². The van der Waals surface area contributed by atoms with Gasteiger partial charge < -0.3 is 14.9 Å². The number of thiophene rings is 1. The van der Waals surface area contributed by atoms with Crippen molar-refractivity contribution in [1.82, 2.24) is 9.97 Å². The van der Waals surface area contributed by atoms with Crippen molar-refractivity contribution in [2.24, 2.45) is 0 Å². The number of carbonyl (C=O) groups excluding carboxylic acids is 1. The lowest BCUT2D eigenvalue weighted by Gasteiger charge is -2.10. The third kappa shape index (κ3) is 2.53. The maximum absolute atomic E-state index is 12.5. The fourth-order valence-corrected chi connectivity index (χ4v) is 4.63. The molecule has 0 aliphatic heterocycles. The summed E-state index contributed by atoms with van der Waals surface area (Å²) in [7, 11) is 0. The number of nitrogens with one attached hydrogen (secondary N) is 1. The summed E-state index contributed by atoms with van der Waals surface area (Å²) in [5, 5.41) is 11.9. The molecule has 0 atom stereocenters. The van der Waals surface area contributed by atoms with Gasteiger partial charge in [0.05, 0.1) is 11.4 Å². The molecule has 0 saturated carbocycles. The second-order valence-corrected chi connectivity index (χ2v) is 7.11. The number of carbonyl (C=O) groups is 1. The Morgan fingerprint density at radius 1 is 1.25 bits per heavy atom. The Morgan fingerprint density at radius 3 is 2.88 bits per heavy atom. The molecule has 0 fully saturated rings. The average Bonchev–Trinajstić information content (AvgIpc) is 2.93. The van der Waals surface area contributed by atoms with E-state index in [1.54, 1.807) is 29.5 Å². The highest BCUT2D eigenvalue weighted by molar-refractivity contribution is 7.18. The van der Waals surface area contributed by atoms with Crippen molar-refractivity contribution in [2.45, 2.75) is 32.1 Å². The van der Waals surface area contributed by atoms with E-state index in [0.717, 1.165) is 36.1 Å². The molecule has 0 unspecified atom stereocenters. The second-order valence-electron chi connectivity index (χ2n) is 6.03. The Labute approximate surface area is 142 Å². The molecule has 0 saturated heterocycles. The van der Waals surface area contributed by atoms with Crippen LogP contribution in [-0.4, -0.2) is 15.9 Å². The third-order valence-corrected chi connectivity index (χ3v) is 5.65. The molecular weight excluding hydrogens is 324 g/mol. The van der Waals surface area contributed by atoms with Gasteiger partial charge in [-0.1, -0.05) is 24.3 Å². The fraction of sp³-hybridized carbons (Fsp3) is 0.278. The molecule has 1 aliphatic carbocycles. The van der Waals surface area contributed by atoms with Crippen LogP contribution in [0.15, 0.2) is 29.1 Å². The minimum absolute atomic E-state index is 0.125. The van der Waals surface area contributed by atoms with E-state index in [1.807, 2.05) is 0 Å². The molecule has 2 heterocycles. The number of H-pyrrole nitrogens is 1. The van der Waals surface area contributed by atoms with E-state index in [0.29, 0.717) is 16.8 Å². The Morgan fingerprint density at radius 2 is 2.04 bits per heavy atom. The number of aryl methyl sites for hydroxylation is 2. The lowest BCUT2D eigenvalue weighted by atomic mass is 9.97. The summed E-state index contributed by atoms with van der Waals surface area (Å²) < 4.78 is 0. The van der Waals surface area contributed by atoms with Crippen LogP contribution in [0, 0.1) is 0 Å². The van der Waals surface area contributed by atoms with E-state index in [1.165, 1.54) is 10.9 Å². The first kappa shape index (κ1) is 15.1. The molecule has 0 amide bonds. The zero-order chi connectivity index (χ0) is 16.7. The molecule has 0 bridgehead atoms. The SMILES string of the molecule is O=C([O-])c1ccccc1Cc1nc2sc3c(c2c(=O)[nH]1)CCCC3. The zero-order valence-corrected chi connectivity index (χ0v) is 13.7. The summed E-state index contributed by atoms with van der Waals surface area (Å²) in [6, 6.07) is 6.64. The molecule has 4 rings (SSSR count). The van der Waals surface area contributed by atoms with Crippen molar-refractivity contribution in [2.75, 3.05) is 0 Å². The number of carboxylic acid groups (broad SMARTS) is 1. The molecule has 2 aromatic heterocycles. The van der Waals surface area contributed by atoms with E-state index < -0.39 is 5.97 Å². The van der Waals surface area contributed by atoms with Gasteiger partial charge in [-0.15, -0.1) is 11.3 Å². The maximum Gasteiger partial charge on any atom is 0.259 e. The monoisotopic (exact) mass is 339 g/mol. The predicted octanol–water partition coefficient (Wildman–Crippen LogP) is 1.82. The topological polar surface area (TPSA) is 85.9 Å². The zero-order valence-electron chi connectivity index (χ0n) is 12.9. The molecule has 3 aromatic rings. The first-order chi connectivity index (χ1) is 11.6. The van der Waals surface area contributed by atoms with Crippen LogP contribution in [0.5, 0.6) is 0 Å². The van der Waals surface area contributed by atoms with Crippen LogP contribution in [0.25, 0.3) is 10.2 Å². The molecular formula is C18H15N2O3S-. The van der Waals surface area contributed by atoms with Crippen molar-refractivity contribution in [1.29, 1.82) is 0 Å². The smallest absolute Gasteiger partial charge is 0.259 e. The lowest BCUT2D eigenvalue weighted by Crippen LogP contribution is -2.24. The van der Waals surface area contributed by atoms with Gasteiger partial charge in [0.15, 0.2) is 0 Å². The first-order valence-corrected chi connectivity index (χ1v) is 8.78. The molecule has 122 valence electrons. The number of hydrogen-bond donors (Lipinski definition) is 1. The molecule has 6 heteroatoms. The number of aromatic carboxylic acids is 1. The van der Waals surface area contributed by atoms with Gasteiger partial charge in [0.2, 0.25) is 0 Å². The van der Waals surface area contributed by atoms with E-state index in [2.05, 4.69) is 9.97 Å². The second kappa shape index (κ2) is 5.87. The summed E-state index contributed by atoms with van der Waals surface area (Å²) in [4.78, 5) is 33.2. The van der Waals surface area contributed by atoms with E-state index in [-0.39, 0.29) is 17.5 Å². The van der Waals surface area contributed by atoms with Crippen LogP contribution >= 0.6 is 11.3 Å². The molecule has 1 aromatic carbocycles. The summed E-state index contributed by atoms with van der Waals surface area (Å²) in [5.74, 6) is -0.736. The highest BCUT2D eigenvalue weighted by atomic mass is 32.1. The van der Waals surface area contributed by atoms with Crippen LogP contribution in [0.4, 0.5) is 0 Å². The van der Waals surface area contributed by atoms with Crippen molar-refractivity contribution in [3.63, 3.8) is 0 Å². The van der Waals surface area contributed by atoms with Gasteiger partial charge in [-0.25, -0.2) is 4.98 Å². The molecule has 0 spiro atoms. The van der Waals surface area contributed by atoms with Gasteiger partial charge in [0.1, 0.15) is 10.7 Å². The molecule has 1 N–H and O–H groups in total. The van der Waals surface area contributed by atoms with Gasteiger partial charge >= 0.3 is 0 Å². The Bertz CT molecular complexity index is 1000. The van der Waals surface area contributed by atoms with Gasteiger partial charge in [-0.2, -0.15) is 0 Å². The van der Waals surface area contributed by atoms with Gasteiger partial charge in [0, 0.05) is 16.9 Å². The minimum atomic E-state index is -1.22. The number of fused-ring (bicyclic) bond motifs is 3. The van der Waals surface area contributed by atoms with Crippen LogP contribution in [-0.2, 0) is 19.3 Å². The molecule has 5 nitrogen and oxygen atoms in total. The van der Waals surface area contributed by atoms with Crippen molar-refractivity contribution < 1.29 is 9.90 Å². The van der Waals surface area contributed by atoms with Crippen molar-refractivity contribution in [3.05, 3.63) is 62.0 Å². The standard InChI is InChI=1S/C18H16N2O3S/c21-16-15-12-7-3-4-8-13(12)24-17(15)20-14(19-16)9-10-5-1-2-6-11(10)18(22)23/h1-2,5-6H,3-4,7-9H2,(H,22,23)(H,19,20,21)/p-1. The Kier molecular flexibility index (Phi) is 3.69.